The van der Waals surface area contributed by atoms with Gasteiger partial charge in [-0.15, -0.1) is 11.3 Å². The molecule has 4 rings (SSSR count). The first-order valence-corrected chi connectivity index (χ1v) is 17.8. The first-order chi connectivity index (χ1) is 19.0. The number of unbranched alkanes of at least 4 members (excludes halogenated alkanes) is 7. The molecular weight excluding hydrogens is 682 g/mol. The van der Waals surface area contributed by atoms with Gasteiger partial charge >= 0.3 is 59.1 Å². The third-order valence-electron chi connectivity index (χ3n) is 6.51. The summed E-state index contributed by atoms with van der Waals surface area (Å²) in [5, 5.41) is 1.38. The van der Waals surface area contributed by atoms with Crippen LogP contribution >= 0.6 is 27.3 Å². The van der Waals surface area contributed by atoms with Crippen molar-refractivity contribution in [3.63, 3.8) is 0 Å². The van der Waals surface area contributed by atoms with Gasteiger partial charge in [-0.2, -0.15) is 0 Å². The molecule has 2 aromatic rings. The summed E-state index contributed by atoms with van der Waals surface area (Å²) in [7, 11) is -9.83. The third-order valence-corrected chi connectivity index (χ3v) is 9.90. The van der Waals surface area contributed by atoms with Gasteiger partial charge in [0.2, 0.25) is 0 Å². The number of aryl methyl sites for hydroxylation is 1. The molecule has 0 N–H and O–H groups in total. The molecule has 0 amide bonds. The summed E-state index contributed by atoms with van der Waals surface area (Å²) >= 11 is 4.97. The third kappa shape index (κ3) is 11.0. The fourth-order valence-corrected chi connectivity index (χ4v) is 6.92. The minimum absolute atomic E-state index is 0. The first-order valence-electron chi connectivity index (χ1n) is 13.0. The van der Waals surface area contributed by atoms with Crippen molar-refractivity contribution in [3.05, 3.63) is 65.5 Å². The van der Waals surface area contributed by atoms with E-state index in [0.29, 0.717) is 0 Å². The summed E-state index contributed by atoms with van der Waals surface area (Å²) in [5.41, 5.74) is 2.44. The van der Waals surface area contributed by atoms with Gasteiger partial charge in [-0.1, -0.05) is 60.5 Å². The van der Waals surface area contributed by atoms with Crippen LogP contribution in [-0.4, -0.2) is 36.3 Å². The van der Waals surface area contributed by atoms with E-state index in [2.05, 4.69) is 33.1 Å². The number of aromatic nitrogens is 1. The molecule has 0 saturated carbocycles. The van der Waals surface area contributed by atoms with Gasteiger partial charge < -0.3 is 9.11 Å². The van der Waals surface area contributed by atoms with Crippen LogP contribution in [0.2, 0.25) is 0 Å². The number of hydrogen-bond acceptors (Lipinski definition) is 9. The molecular formula is C28H29BrN2Na2O6S3. The molecule has 0 fully saturated rings. The van der Waals surface area contributed by atoms with Crippen LogP contribution in [0.1, 0.15) is 56.9 Å². The molecule has 0 unspecified atom stereocenters. The van der Waals surface area contributed by atoms with Crippen molar-refractivity contribution in [2.75, 3.05) is 5.33 Å². The van der Waals surface area contributed by atoms with Crippen molar-refractivity contribution < 1.29 is 85.1 Å². The Morgan fingerprint density at radius 2 is 1.43 bits per heavy atom. The van der Waals surface area contributed by atoms with E-state index < -0.39 is 35.7 Å². The normalized spacial score (nSPS) is 12.3. The molecule has 1 heterocycles. The predicted octanol–water partition coefficient (Wildman–Crippen LogP) is 0.508. The largest absolute Gasteiger partial charge is 1.00 e. The van der Waals surface area contributed by atoms with Crippen LogP contribution in [0.15, 0.2) is 69.4 Å². The van der Waals surface area contributed by atoms with Crippen LogP contribution in [0.3, 0.4) is 0 Å². The Kier molecular flexibility index (Phi) is 15.8. The van der Waals surface area contributed by atoms with E-state index in [0.717, 1.165) is 57.2 Å². The average molecular weight is 712 g/mol. The zero-order valence-corrected chi connectivity index (χ0v) is 31.7. The standard InChI is InChI=1S/C28H31BrN2O6S3.2Na/c29-16-8-6-4-2-1-3-5-7-9-20-10-14-26-24(17-20)31-23-13-11-21(18-27(23)38-26)30-25-19-22(39(32,33)34)12-15-28(25)40(35,36)37;;/h10-15,17-19H,1-9,16H2,(H,32,33,34)(H,35,36,37);;/q;2*+1/p-2. The average Bonchev–Trinajstić information content (AvgIpc) is 2.90. The van der Waals surface area contributed by atoms with E-state index in [4.69, 9.17) is 4.98 Å². The maximum Gasteiger partial charge on any atom is 1.00 e. The number of benzene rings is 3. The van der Waals surface area contributed by atoms with E-state index in [9.17, 15) is 25.9 Å². The van der Waals surface area contributed by atoms with Crippen LogP contribution in [-0.2, 0) is 26.7 Å². The Bertz CT molecular complexity index is 1750. The topological polar surface area (TPSA) is 140 Å². The monoisotopic (exact) mass is 710 g/mol. The molecule has 1 aliphatic heterocycles. The van der Waals surface area contributed by atoms with Crippen LogP contribution in [0.5, 0.6) is 0 Å². The van der Waals surface area contributed by atoms with Crippen molar-refractivity contribution in [3.8, 4) is 10.6 Å². The summed E-state index contributed by atoms with van der Waals surface area (Å²) in [5.74, 6) is 0. The van der Waals surface area contributed by atoms with Gasteiger partial charge in [0.25, 0.3) is 0 Å². The molecule has 42 heavy (non-hydrogen) atoms. The molecule has 8 nitrogen and oxygen atoms in total. The second-order valence-corrected chi connectivity index (χ2v) is 14.2. The van der Waals surface area contributed by atoms with E-state index in [1.807, 2.05) is 6.07 Å². The van der Waals surface area contributed by atoms with E-state index in [1.165, 1.54) is 61.8 Å². The molecule has 214 valence electrons. The van der Waals surface area contributed by atoms with Gasteiger partial charge in [-0.05, 0) is 73.4 Å². The summed E-state index contributed by atoms with van der Waals surface area (Å²) in [6.45, 7) is 0. The fraction of sp³-hybridized carbons (Fsp3) is 0.357. The summed E-state index contributed by atoms with van der Waals surface area (Å²) in [6, 6.07) is 13.6. The zero-order chi connectivity index (χ0) is 28.8. The number of hydrogen-bond donors (Lipinski definition) is 0. The zero-order valence-electron chi connectivity index (χ0n) is 23.7. The summed E-state index contributed by atoms with van der Waals surface area (Å²) in [4.78, 5) is 8.37. The van der Waals surface area contributed by atoms with Crippen LogP contribution in [0.4, 0.5) is 5.69 Å². The summed E-state index contributed by atoms with van der Waals surface area (Å²) < 4.78 is 70.3. The summed E-state index contributed by atoms with van der Waals surface area (Å²) in [6.07, 6.45) is 11.1. The van der Waals surface area contributed by atoms with Gasteiger partial charge in [0.05, 0.1) is 41.6 Å². The number of fused-ring (bicyclic) bond motifs is 2. The fourth-order valence-electron chi connectivity index (χ4n) is 4.46. The van der Waals surface area contributed by atoms with Crippen molar-refractivity contribution in [2.24, 2.45) is 4.99 Å². The van der Waals surface area contributed by atoms with E-state index >= 15 is 0 Å². The Morgan fingerprint density at radius 1 is 0.762 bits per heavy atom. The number of nitrogens with zero attached hydrogens (tertiary/aromatic N) is 2. The first kappa shape index (κ1) is 38.0. The molecule has 0 aromatic heterocycles. The van der Waals surface area contributed by atoms with Crippen LogP contribution in [0, 0.1) is 0 Å². The number of halogens is 1. The molecule has 2 aliphatic rings. The van der Waals surface area contributed by atoms with Gasteiger partial charge in [-0.25, -0.2) is 26.8 Å². The Balaban J connectivity index is 0.00000308. The molecule has 0 bridgehead atoms. The van der Waals surface area contributed by atoms with Crippen molar-refractivity contribution >= 4 is 63.4 Å². The second kappa shape index (κ2) is 17.5. The molecule has 1 aliphatic carbocycles. The molecule has 0 radical (unpaired) electrons. The van der Waals surface area contributed by atoms with Gasteiger partial charge in [0.1, 0.15) is 20.2 Å². The Hall–Kier alpha value is -0.220. The van der Waals surface area contributed by atoms with Crippen LogP contribution in [0.25, 0.3) is 20.8 Å². The molecule has 2 aromatic carbocycles. The maximum atomic E-state index is 11.7. The van der Waals surface area contributed by atoms with E-state index in [-0.39, 0.29) is 64.5 Å². The van der Waals surface area contributed by atoms with Crippen molar-refractivity contribution in [1.29, 1.82) is 0 Å². The van der Waals surface area contributed by atoms with Crippen LogP contribution < -0.4 is 64.5 Å². The van der Waals surface area contributed by atoms with Gasteiger partial charge in [-0.3, -0.25) is 0 Å². The van der Waals surface area contributed by atoms with E-state index in [1.54, 1.807) is 18.2 Å². The molecule has 14 heteroatoms. The van der Waals surface area contributed by atoms with Crippen molar-refractivity contribution in [1.82, 2.24) is 4.98 Å². The number of alkyl halides is 1. The minimum atomic E-state index is -4.96. The van der Waals surface area contributed by atoms with Crippen molar-refractivity contribution in [2.45, 2.75) is 67.6 Å². The smallest absolute Gasteiger partial charge is 0.744 e. The van der Waals surface area contributed by atoms with Gasteiger partial charge in [0, 0.05) is 5.33 Å². The minimum Gasteiger partial charge on any atom is -0.744 e. The number of rotatable bonds is 13. The molecule has 0 spiro atoms. The predicted molar refractivity (Wildman–Crippen MR) is 158 cm³/mol. The Morgan fingerprint density at radius 3 is 2.07 bits per heavy atom. The second-order valence-electron chi connectivity index (χ2n) is 9.58. The Labute approximate surface area is 304 Å². The quantitative estimate of drug-likeness (QED) is 0.0648. The SMILES string of the molecule is O=S(=O)([O-])c1ccc(S(=O)(=O)[O-])c(N=c2ccc3nc4cc(CCCCCCCCCCBr)ccc4sc-3c2)c1.[Na+].[Na+]. The molecule has 0 atom stereocenters. The molecule has 0 saturated heterocycles. The van der Waals surface area contributed by atoms with Gasteiger partial charge in [0.15, 0.2) is 0 Å². The maximum absolute atomic E-state index is 11.7.